The van der Waals surface area contributed by atoms with E-state index >= 15 is 0 Å². The second-order valence-electron chi connectivity index (χ2n) is 9.17. The van der Waals surface area contributed by atoms with Crippen molar-refractivity contribution in [2.45, 2.75) is 37.4 Å². The fourth-order valence-corrected chi connectivity index (χ4v) is 4.49. The molecule has 0 aliphatic heterocycles. The Bertz CT molecular complexity index is 1360. The van der Waals surface area contributed by atoms with Crippen molar-refractivity contribution in [3.63, 3.8) is 0 Å². The van der Waals surface area contributed by atoms with Crippen LogP contribution in [0.2, 0.25) is 0 Å². The number of sulfone groups is 1. The Kier molecular flexibility index (Phi) is 9.34. The molecule has 0 aromatic heterocycles. The molecule has 8 heteroatoms. The number of ether oxygens (including phenoxy) is 1. The van der Waals surface area contributed by atoms with E-state index in [2.05, 4.69) is 5.32 Å². The number of carbonyl (C=O) groups excluding carboxylic acids is 2. The molecule has 0 heterocycles. The molecule has 0 bridgehead atoms. The zero-order valence-corrected chi connectivity index (χ0v) is 21.9. The lowest BCUT2D eigenvalue weighted by atomic mass is 9.97. The Hall–Kier alpha value is -3.80. The van der Waals surface area contributed by atoms with Gasteiger partial charge in [-0.2, -0.15) is 5.26 Å². The van der Waals surface area contributed by atoms with Gasteiger partial charge < -0.3 is 10.1 Å². The van der Waals surface area contributed by atoms with Gasteiger partial charge in [0.1, 0.15) is 18.8 Å². The summed E-state index contributed by atoms with van der Waals surface area (Å²) in [5.41, 5.74) is 2.42. The molecule has 7 nitrogen and oxygen atoms in total. The van der Waals surface area contributed by atoms with E-state index in [1.165, 1.54) is 24.3 Å². The van der Waals surface area contributed by atoms with E-state index in [9.17, 15) is 18.0 Å². The molecule has 0 saturated heterocycles. The highest BCUT2D eigenvalue weighted by atomic mass is 32.2. The van der Waals surface area contributed by atoms with E-state index in [0.29, 0.717) is 17.5 Å². The topological polar surface area (TPSA) is 113 Å². The van der Waals surface area contributed by atoms with Crippen LogP contribution >= 0.6 is 0 Å². The van der Waals surface area contributed by atoms with Gasteiger partial charge in [0.25, 0.3) is 0 Å². The zero-order chi connectivity index (χ0) is 27.0. The van der Waals surface area contributed by atoms with Crippen molar-refractivity contribution < 1.29 is 22.7 Å². The summed E-state index contributed by atoms with van der Waals surface area (Å²) in [6.45, 7) is 3.89. The van der Waals surface area contributed by atoms with Crippen LogP contribution in [0.5, 0.6) is 0 Å². The first-order valence-corrected chi connectivity index (χ1v) is 13.8. The summed E-state index contributed by atoms with van der Waals surface area (Å²) in [5, 5.41) is 11.5. The molecule has 37 heavy (non-hydrogen) atoms. The smallest absolute Gasteiger partial charge is 0.250 e. The van der Waals surface area contributed by atoms with Crippen LogP contribution in [0.15, 0.2) is 83.8 Å². The van der Waals surface area contributed by atoms with E-state index < -0.39 is 22.0 Å². The number of nitriles is 1. The Balaban J connectivity index is 1.89. The van der Waals surface area contributed by atoms with Gasteiger partial charge in [-0.3, -0.25) is 9.59 Å². The molecule has 1 N–H and O–H groups in total. The molecule has 2 atom stereocenters. The molecule has 0 aliphatic carbocycles. The van der Waals surface area contributed by atoms with Crippen molar-refractivity contribution in [2.24, 2.45) is 5.92 Å². The van der Waals surface area contributed by atoms with Gasteiger partial charge in [-0.05, 0) is 47.7 Å². The highest BCUT2D eigenvalue weighted by Crippen LogP contribution is 2.29. The summed E-state index contributed by atoms with van der Waals surface area (Å²) < 4.78 is 29.8. The average molecular weight is 519 g/mol. The predicted molar refractivity (Wildman–Crippen MR) is 141 cm³/mol. The van der Waals surface area contributed by atoms with Gasteiger partial charge in [0.2, 0.25) is 5.91 Å². The van der Waals surface area contributed by atoms with Crippen LogP contribution in [0.1, 0.15) is 53.4 Å². The molecular weight excluding hydrogens is 488 g/mol. The van der Waals surface area contributed by atoms with Gasteiger partial charge in [-0.1, -0.05) is 68.4 Å². The first kappa shape index (κ1) is 27.8. The van der Waals surface area contributed by atoms with Crippen LogP contribution in [-0.4, -0.2) is 39.0 Å². The van der Waals surface area contributed by atoms with Crippen LogP contribution < -0.4 is 5.32 Å². The molecule has 1 unspecified atom stereocenters. The molecule has 0 radical (unpaired) electrons. The number of nitrogens with one attached hydrogen (secondary N) is 1. The van der Waals surface area contributed by atoms with Crippen LogP contribution in [0, 0.1) is 17.2 Å². The predicted octanol–water partition coefficient (Wildman–Crippen LogP) is 4.48. The lowest BCUT2D eigenvalue weighted by molar-refractivity contribution is -0.136. The molecule has 0 fully saturated rings. The van der Waals surface area contributed by atoms with E-state index in [4.69, 9.17) is 10.00 Å². The van der Waals surface area contributed by atoms with Gasteiger partial charge >= 0.3 is 0 Å². The molecular formula is C29H30N2O5S. The maximum atomic E-state index is 13.0. The number of benzene rings is 3. The molecule has 192 valence electrons. The van der Waals surface area contributed by atoms with Gasteiger partial charge in [0.15, 0.2) is 15.6 Å². The number of carbonyl (C=O) groups is 2. The summed E-state index contributed by atoms with van der Waals surface area (Å²) in [7, 11) is -3.35. The van der Waals surface area contributed by atoms with E-state index in [1.54, 1.807) is 24.3 Å². The van der Waals surface area contributed by atoms with E-state index in [0.717, 1.165) is 17.4 Å². The number of ketones is 1. The number of nitrogens with zero attached hydrogens (tertiary/aromatic N) is 1. The second kappa shape index (κ2) is 12.4. The van der Waals surface area contributed by atoms with Crippen molar-refractivity contribution in [2.75, 3.05) is 12.8 Å². The third-order valence-electron chi connectivity index (χ3n) is 5.74. The molecule has 3 aromatic carbocycles. The summed E-state index contributed by atoms with van der Waals surface area (Å²) >= 11 is 0. The third kappa shape index (κ3) is 7.59. The number of hydrogen-bond donors (Lipinski definition) is 1. The molecule has 0 spiro atoms. The highest BCUT2D eigenvalue weighted by Gasteiger charge is 2.26. The van der Waals surface area contributed by atoms with Gasteiger partial charge in [-0.15, -0.1) is 0 Å². The van der Waals surface area contributed by atoms with Crippen LogP contribution in [0.3, 0.4) is 0 Å². The number of amides is 1. The van der Waals surface area contributed by atoms with E-state index in [-0.39, 0.29) is 29.0 Å². The summed E-state index contributed by atoms with van der Waals surface area (Å²) in [6.07, 6.45) is 0.247. The zero-order valence-electron chi connectivity index (χ0n) is 21.0. The van der Waals surface area contributed by atoms with Crippen molar-refractivity contribution in [1.82, 2.24) is 5.32 Å². The Labute approximate surface area is 218 Å². The lowest BCUT2D eigenvalue weighted by Crippen LogP contribution is -2.38. The third-order valence-corrected chi connectivity index (χ3v) is 6.87. The number of hydrogen-bond acceptors (Lipinski definition) is 6. The average Bonchev–Trinajstić information content (AvgIpc) is 2.89. The largest absolute Gasteiger partial charge is 0.356 e. The quantitative estimate of drug-likeness (QED) is 0.296. The van der Waals surface area contributed by atoms with Crippen molar-refractivity contribution >= 4 is 21.5 Å². The minimum atomic E-state index is -3.35. The minimum Gasteiger partial charge on any atom is -0.356 e. The Morgan fingerprint density at radius 3 is 1.95 bits per heavy atom. The fraction of sp³-hybridized carbons (Fsp3) is 0.276. The normalized spacial score (nSPS) is 12.9. The summed E-state index contributed by atoms with van der Waals surface area (Å²) in [5.74, 6) is -0.402. The molecule has 3 aromatic rings. The van der Waals surface area contributed by atoms with Crippen LogP contribution in [0.25, 0.3) is 0 Å². The second-order valence-corrected chi connectivity index (χ2v) is 11.2. The van der Waals surface area contributed by atoms with Crippen molar-refractivity contribution in [1.29, 1.82) is 5.26 Å². The summed E-state index contributed by atoms with van der Waals surface area (Å²) in [6, 6.07) is 24.2. The standard InChI is InChI=1S/C29H30N2O5S/c1-20(2)19-26(29(33)31-18-17-30)36-28(23-7-5-4-6-8-23)24-11-9-21(10-12-24)27(32)22-13-15-25(16-14-22)37(3,34)35/h4-16,20,26,28H,18-19H2,1-3H3,(H,31,33)/t26-,28?/m0/s1. The first-order chi connectivity index (χ1) is 17.6. The van der Waals surface area contributed by atoms with Crippen LogP contribution in [-0.2, 0) is 19.4 Å². The maximum absolute atomic E-state index is 13.0. The Morgan fingerprint density at radius 1 is 0.892 bits per heavy atom. The molecule has 3 rings (SSSR count). The van der Waals surface area contributed by atoms with Gasteiger partial charge in [-0.25, -0.2) is 8.42 Å². The lowest BCUT2D eigenvalue weighted by Gasteiger charge is -2.26. The molecule has 0 aliphatic rings. The maximum Gasteiger partial charge on any atom is 0.250 e. The fourth-order valence-electron chi connectivity index (χ4n) is 3.86. The molecule has 1 amide bonds. The van der Waals surface area contributed by atoms with E-state index in [1.807, 2.05) is 50.2 Å². The van der Waals surface area contributed by atoms with Gasteiger partial charge in [0, 0.05) is 17.4 Å². The van der Waals surface area contributed by atoms with Crippen molar-refractivity contribution in [3.05, 3.63) is 101 Å². The number of rotatable bonds is 11. The molecule has 0 saturated carbocycles. The monoisotopic (exact) mass is 518 g/mol. The van der Waals surface area contributed by atoms with Crippen LogP contribution in [0.4, 0.5) is 0 Å². The first-order valence-electron chi connectivity index (χ1n) is 11.9. The van der Waals surface area contributed by atoms with Gasteiger partial charge in [0.05, 0.1) is 11.0 Å². The SMILES string of the molecule is CC(C)C[C@H](OC(c1ccccc1)c1ccc(C(=O)c2ccc(S(C)(=O)=O)cc2)cc1)C(=O)NCC#N. The summed E-state index contributed by atoms with van der Waals surface area (Å²) in [4.78, 5) is 25.9. The van der Waals surface area contributed by atoms with Crippen molar-refractivity contribution in [3.8, 4) is 6.07 Å². The highest BCUT2D eigenvalue weighted by molar-refractivity contribution is 7.90. The minimum absolute atomic E-state index is 0.102. The Morgan fingerprint density at radius 2 is 1.43 bits per heavy atom.